The molecule has 0 unspecified atom stereocenters. The van der Waals surface area contributed by atoms with E-state index in [9.17, 15) is 9.18 Å². The Hall–Kier alpha value is -3.39. The van der Waals surface area contributed by atoms with E-state index in [0.29, 0.717) is 34.5 Å². The van der Waals surface area contributed by atoms with Crippen molar-refractivity contribution in [2.75, 3.05) is 0 Å². The van der Waals surface area contributed by atoms with Gasteiger partial charge >= 0.3 is 0 Å². The quantitative estimate of drug-likeness (QED) is 0.470. The number of aryl methyl sites for hydroxylation is 2. The lowest BCUT2D eigenvalue weighted by atomic mass is 10.1. The third kappa shape index (κ3) is 2.78. The van der Waals surface area contributed by atoms with Gasteiger partial charge in [0.2, 0.25) is 0 Å². The Kier molecular flexibility index (Phi) is 3.98. The van der Waals surface area contributed by atoms with E-state index in [1.54, 1.807) is 34.2 Å². The van der Waals surface area contributed by atoms with Gasteiger partial charge in [0.05, 0.1) is 16.6 Å². The largest absolute Gasteiger partial charge is 0.314 e. The predicted octanol–water partition coefficient (Wildman–Crippen LogP) is 3.55. The van der Waals surface area contributed by atoms with E-state index in [-0.39, 0.29) is 11.4 Å². The summed E-state index contributed by atoms with van der Waals surface area (Å²) in [6, 6.07) is 11.9. The second-order valence-corrected chi connectivity index (χ2v) is 7.38. The second kappa shape index (κ2) is 6.65. The molecule has 4 aromatic heterocycles. The minimum absolute atomic E-state index is 0.154. The van der Waals surface area contributed by atoms with Gasteiger partial charge in [0.15, 0.2) is 0 Å². The maximum atomic E-state index is 13.4. The lowest BCUT2D eigenvalue weighted by Crippen LogP contribution is -2.22. The summed E-state index contributed by atoms with van der Waals surface area (Å²) in [4.78, 5) is 23.1. The number of hydrogen-bond acceptors (Lipinski definition) is 5. The summed E-state index contributed by atoms with van der Waals surface area (Å²) in [6.45, 7) is 0.563. The van der Waals surface area contributed by atoms with Gasteiger partial charge in [0.1, 0.15) is 12.1 Å². The summed E-state index contributed by atoms with van der Waals surface area (Å²) in [5, 5.41) is 6.69. The van der Waals surface area contributed by atoms with Crippen molar-refractivity contribution in [3.63, 3.8) is 0 Å². The number of pyridine rings is 1. The number of thiophene rings is 1. The molecular weight excluding hydrogens is 377 g/mol. The van der Waals surface area contributed by atoms with Gasteiger partial charge in [-0.1, -0.05) is 6.07 Å². The third-order valence-electron chi connectivity index (χ3n) is 4.64. The standard InChI is InChI=1S/C20H14FN5OS/c21-14-5-3-13(4-6-14)18-17-16(24-20-22-12-23-26(18)20)8-10-25(19(17)27)9-7-15-2-1-11-28-15/h1-6,8,10-12H,7,9H2. The molecule has 5 rings (SSSR count). The van der Waals surface area contributed by atoms with Gasteiger partial charge in [-0.25, -0.2) is 9.37 Å². The molecule has 0 spiro atoms. The monoisotopic (exact) mass is 391 g/mol. The molecule has 0 radical (unpaired) electrons. The Morgan fingerprint density at radius 1 is 1.11 bits per heavy atom. The summed E-state index contributed by atoms with van der Waals surface area (Å²) >= 11 is 1.67. The Bertz CT molecular complexity index is 1340. The minimum atomic E-state index is -0.342. The van der Waals surface area contributed by atoms with E-state index in [0.717, 1.165) is 6.42 Å². The maximum absolute atomic E-state index is 13.4. The van der Waals surface area contributed by atoms with Crippen LogP contribution in [0, 0.1) is 5.82 Å². The molecule has 0 N–H and O–H groups in total. The molecule has 138 valence electrons. The van der Waals surface area contributed by atoms with Gasteiger partial charge < -0.3 is 4.57 Å². The van der Waals surface area contributed by atoms with E-state index in [4.69, 9.17) is 0 Å². The van der Waals surface area contributed by atoms with Crippen LogP contribution in [0.3, 0.4) is 0 Å². The first-order chi connectivity index (χ1) is 13.7. The summed E-state index contributed by atoms with van der Waals surface area (Å²) in [7, 11) is 0. The van der Waals surface area contributed by atoms with Gasteiger partial charge in [-0.2, -0.15) is 14.6 Å². The molecule has 28 heavy (non-hydrogen) atoms. The van der Waals surface area contributed by atoms with Crippen LogP contribution >= 0.6 is 11.3 Å². The minimum Gasteiger partial charge on any atom is -0.314 e. The van der Waals surface area contributed by atoms with E-state index in [1.807, 2.05) is 17.5 Å². The highest BCUT2D eigenvalue weighted by atomic mass is 32.1. The third-order valence-corrected chi connectivity index (χ3v) is 5.58. The predicted molar refractivity (Wildman–Crippen MR) is 106 cm³/mol. The number of benzene rings is 1. The van der Waals surface area contributed by atoms with Gasteiger partial charge in [-0.05, 0) is 48.2 Å². The van der Waals surface area contributed by atoms with Crippen LogP contribution in [-0.4, -0.2) is 24.1 Å². The van der Waals surface area contributed by atoms with Crippen LogP contribution in [0.4, 0.5) is 4.39 Å². The van der Waals surface area contributed by atoms with Crippen LogP contribution in [-0.2, 0) is 13.0 Å². The fourth-order valence-electron chi connectivity index (χ4n) is 3.30. The van der Waals surface area contributed by atoms with Gasteiger partial charge in [0, 0.05) is 23.2 Å². The topological polar surface area (TPSA) is 65.1 Å². The molecule has 0 aliphatic rings. The first kappa shape index (κ1) is 16.8. The Morgan fingerprint density at radius 3 is 2.75 bits per heavy atom. The fraction of sp³-hybridized carbons (Fsp3) is 0.100. The number of hydrogen-bond donors (Lipinski definition) is 0. The molecule has 0 bridgehead atoms. The maximum Gasteiger partial charge on any atom is 0.262 e. The van der Waals surface area contributed by atoms with Crippen molar-refractivity contribution < 1.29 is 4.39 Å². The number of rotatable bonds is 4. The van der Waals surface area contributed by atoms with Crippen molar-refractivity contribution in [2.45, 2.75) is 13.0 Å². The molecule has 6 nitrogen and oxygen atoms in total. The Labute approximate surface area is 162 Å². The SMILES string of the molecule is O=c1c2c(-c3ccc(F)cc3)n3ncnc3nc2ccn1CCc1cccs1. The summed E-state index contributed by atoms with van der Waals surface area (Å²) in [5.41, 5.74) is 1.63. The summed E-state index contributed by atoms with van der Waals surface area (Å²) < 4.78 is 16.6. The molecule has 0 amide bonds. The number of halogens is 1. The Balaban J connectivity index is 1.74. The lowest BCUT2D eigenvalue weighted by molar-refractivity contribution is 0.628. The Morgan fingerprint density at radius 2 is 1.96 bits per heavy atom. The molecule has 0 saturated carbocycles. The van der Waals surface area contributed by atoms with Gasteiger partial charge in [-0.15, -0.1) is 11.3 Å². The number of fused-ring (bicyclic) bond motifs is 2. The molecule has 4 heterocycles. The first-order valence-corrected chi connectivity index (χ1v) is 9.60. The molecular formula is C20H14FN5OS. The molecule has 0 aliphatic heterocycles. The lowest BCUT2D eigenvalue weighted by Gasteiger charge is -2.11. The van der Waals surface area contributed by atoms with Crippen LogP contribution in [0.15, 0.2) is 65.2 Å². The molecule has 0 saturated heterocycles. The zero-order chi connectivity index (χ0) is 19.1. The van der Waals surface area contributed by atoms with E-state index >= 15 is 0 Å². The van der Waals surface area contributed by atoms with Crippen LogP contribution in [0.2, 0.25) is 0 Å². The first-order valence-electron chi connectivity index (χ1n) is 8.72. The number of aromatic nitrogens is 5. The second-order valence-electron chi connectivity index (χ2n) is 6.34. The van der Waals surface area contributed by atoms with Crippen molar-refractivity contribution in [2.24, 2.45) is 0 Å². The zero-order valence-electron chi connectivity index (χ0n) is 14.6. The molecule has 5 aromatic rings. The highest BCUT2D eigenvalue weighted by Gasteiger charge is 2.17. The van der Waals surface area contributed by atoms with Crippen LogP contribution in [0.5, 0.6) is 0 Å². The molecule has 0 atom stereocenters. The molecule has 0 fully saturated rings. The summed E-state index contributed by atoms with van der Waals surface area (Å²) in [6.07, 6.45) is 3.92. The number of nitrogens with zero attached hydrogens (tertiary/aromatic N) is 5. The average molecular weight is 391 g/mol. The van der Waals surface area contributed by atoms with Crippen LogP contribution in [0.25, 0.3) is 27.9 Å². The smallest absolute Gasteiger partial charge is 0.262 e. The van der Waals surface area contributed by atoms with E-state index < -0.39 is 0 Å². The fourth-order valence-corrected chi connectivity index (χ4v) is 4.00. The van der Waals surface area contributed by atoms with Crippen LogP contribution in [0.1, 0.15) is 4.88 Å². The summed E-state index contributed by atoms with van der Waals surface area (Å²) in [5.74, 6) is 0.0489. The molecule has 1 aromatic carbocycles. The zero-order valence-corrected chi connectivity index (χ0v) is 15.4. The normalized spacial score (nSPS) is 11.5. The molecule has 0 aliphatic carbocycles. The van der Waals surface area contributed by atoms with E-state index in [1.165, 1.54) is 27.9 Å². The van der Waals surface area contributed by atoms with Crippen molar-refractivity contribution in [1.29, 1.82) is 0 Å². The van der Waals surface area contributed by atoms with Gasteiger partial charge in [0.25, 0.3) is 11.3 Å². The van der Waals surface area contributed by atoms with Gasteiger partial charge in [-0.3, -0.25) is 4.79 Å². The van der Waals surface area contributed by atoms with Crippen molar-refractivity contribution in [3.05, 3.63) is 81.4 Å². The van der Waals surface area contributed by atoms with Crippen molar-refractivity contribution >= 4 is 28.0 Å². The molecule has 8 heteroatoms. The average Bonchev–Trinajstić information content (AvgIpc) is 3.38. The van der Waals surface area contributed by atoms with E-state index in [2.05, 4.69) is 21.1 Å². The van der Waals surface area contributed by atoms with Crippen molar-refractivity contribution in [1.82, 2.24) is 24.1 Å². The highest BCUT2D eigenvalue weighted by Crippen LogP contribution is 2.26. The highest BCUT2D eigenvalue weighted by molar-refractivity contribution is 7.09. The van der Waals surface area contributed by atoms with Crippen molar-refractivity contribution in [3.8, 4) is 11.3 Å². The van der Waals surface area contributed by atoms with Crippen LogP contribution < -0.4 is 5.56 Å².